The average Bonchev–Trinajstić information content (AvgIpc) is 3.36. The van der Waals surface area contributed by atoms with E-state index in [2.05, 4.69) is 21.3 Å². The third-order valence-corrected chi connectivity index (χ3v) is 8.81. The van der Waals surface area contributed by atoms with Crippen LogP contribution < -0.4 is 56.6 Å². The number of nitrogens with one attached hydrogen (secondary N) is 4. The summed E-state index contributed by atoms with van der Waals surface area (Å²) in [6.07, 6.45) is -0.534. The zero-order valence-electron chi connectivity index (χ0n) is 28.1. The van der Waals surface area contributed by atoms with E-state index in [9.17, 15) is 37.3 Å². The summed E-state index contributed by atoms with van der Waals surface area (Å²) in [4.78, 5) is 51.1. The molecular formula is C34H40N5NaO9S. The van der Waals surface area contributed by atoms with Crippen LogP contribution in [-0.2, 0) is 36.8 Å². The molecule has 0 aliphatic heterocycles. The van der Waals surface area contributed by atoms with Gasteiger partial charge in [0.2, 0.25) is 11.8 Å². The predicted molar refractivity (Wildman–Crippen MR) is 180 cm³/mol. The van der Waals surface area contributed by atoms with Crippen molar-refractivity contribution >= 4 is 39.7 Å². The van der Waals surface area contributed by atoms with Gasteiger partial charge in [0.05, 0.1) is 22.5 Å². The molecule has 1 aliphatic rings. The number of primary amides is 1. The summed E-state index contributed by atoms with van der Waals surface area (Å²) in [5.41, 5.74) is 9.64. The second-order valence-electron chi connectivity index (χ2n) is 12.0. The minimum Gasteiger partial charge on any atom is -0.748 e. The molecule has 0 aromatic heterocycles. The fourth-order valence-electron chi connectivity index (χ4n) is 5.76. The molecule has 1 aliphatic carbocycles. The number of anilines is 1. The van der Waals surface area contributed by atoms with E-state index in [4.69, 9.17) is 10.5 Å². The Kier molecular flexibility index (Phi) is 14.8. The maximum absolute atomic E-state index is 13.5. The van der Waals surface area contributed by atoms with Crippen molar-refractivity contribution in [2.45, 2.75) is 57.1 Å². The minimum absolute atomic E-state index is 0. The number of carbonyl (C=O) groups excluding carboxylic acids is 4. The van der Waals surface area contributed by atoms with Crippen molar-refractivity contribution in [3.8, 4) is 11.1 Å². The number of hydrogen-bond donors (Lipinski definition) is 6. The Morgan fingerprint density at radius 1 is 0.920 bits per heavy atom. The smallest absolute Gasteiger partial charge is 0.748 e. The first kappa shape index (κ1) is 40.4. The third kappa shape index (κ3) is 11.0. The van der Waals surface area contributed by atoms with Gasteiger partial charge >= 0.3 is 41.7 Å². The number of fused-ring (bicyclic) bond motifs is 3. The zero-order valence-corrected chi connectivity index (χ0v) is 30.9. The number of nitrogens with two attached hydrogens (primary N) is 1. The van der Waals surface area contributed by atoms with E-state index in [1.54, 1.807) is 13.8 Å². The van der Waals surface area contributed by atoms with Gasteiger partial charge in [-0.2, -0.15) is 0 Å². The van der Waals surface area contributed by atoms with E-state index in [0.29, 0.717) is 0 Å². The number of alkyl carbamates (subject to hydrolysis) is 1. The predicted octanol–water partition coefficient (Wildman–Crippen LogP) is -0.337. The van der Waals surface area contributed by atoms with Crippen LogP contribution in [0.5, 0.6) is 0 Å². The molecule has 3 aromatic rings. The second kappa shape index (κ2) is 18.3. The molecule has 0 heterocycles. The van der Waals surface area contributed by atoms with Gasteiger partial charge in [-0.3, -0.25) is 9.59 Å². The zero-order chi connectivity index (χ0) is 35.7. The number of aliphatic hydroxyl groups is 1. The molecule has 0 unspecified atom stereocenters. The Hall–Kier alpha value is -3.99. The van der Waals surface area contributed by atoms with Crippen molar-refractivity contribution in [2.75, 3.05) is 18.5 Å². The molecule has 50 heavy (non-hydrogen) atoms. The Balaban J connectivity index is 0.00000676. The van der Waals surface area contributed by atoms with Crippen LogP contribution >= 0.6 is 0 Å². The number of urea groups is 1. The quantitative estimate of drug-likeness (QED) is 0.0686. The van der Waals surface area contributed by atoms with E-state index >= 15 is 0 Å². The number of carbonyl (C=O) groups is 4. The maximum Gasteiger partial charge on any atom is 1.00 e. The largest absolute Gasteiger partial charge is 1.00 e. The van der Waals surface area contributed by atoms with Crippen molar-refractivity contribution in [3.63, 3.8) is 0 Å². The summed E-state index contributed by atoms with van der Waals surface area (Å²) < 4.78 is 39.8. The van der Waals surface area contributed by atoms with E-state index in [0.717, 1.165) is 22.3 Å². The molecule has 14 nitrogen and oxygen atoms in total. The number of benzene rings is 3. The minimum atomic E-state index is -4.69. The van der Waals surface area contributed by atoms with E-state index in [1.165, 1.54) is 18.2 Å². The van der Waals surface area contributed by atoms with Crippen molar-refractivity contribution < 1.29 is 71.5 Å². The van der Waals surface area contributed by atoms with Crippen LogP contribution in [0.15, 0.2) is 66.7 Å². The standard InChI is InChI=1S/C34H41N5O9S.Na/c1-20(2)30(39-34(44)48-18-28-26-10-5-3-8-24(26)25-9-4-6-11-27(25)28)32(42)38-29(12-7-15-36-33(35)43)31(41)37-23-14-13-21(17-40)22(16-23)19-49(45,46)47;/h3-6,8-11,13-14,16,20,28-30,40H,7,12,15,17-19H2,1-2H3,(H,37,41)(H,38,42)(H,39,44)(H3,35,36,43)(H,45,46,47);/q;+1/p-1/t29-,30-;/m0./s1. The molecule has 2 atom stereocenters. The number of aliphatic hydroxyl groups excluding tert-OH is 1. The summed E-state index contributed by atoms with van der Waals surface area (Å²) in [7, 11) is -4.69. The van der Waals surface area contributed by atoms with Crippen LogP contribution in [0.25, 0.3) is 11.1 Å². The van der Waals surface area contributed by atoms with Crippen molar-refractivity contribution in [3.05, 3.63) is 89.0 Å². The molecule has 3 aromatic carbocycles. The molecule has 0 fully saturated rings. The molecule has 0 bridgehead atoms. The normalized spacial score (nSPS) is 13.2. The first-order valence-corrected chi connectivity index (χ1v) is 17.3. The molecule has 4 rings (SSSR count). The van der Waals surface area contributed by atoms with E-state index in [1.807, 2.05) is 48.5 Å². The monoisotopic (exact) mass is 717 g/mol. The molecule has 0 saturated carbocycles. The number of rotatable bonds is 15. The fraction of sp³-hybridized carbons (Fsp3) is 0.353. The van der Waals surface area contributed by atoms with Gasteiger partial charge in [-0.05, 0) is 64.3 Å². The molecule has 16 heteroatoms. The Bertz CT molecular complexity index is 1760. The topological polar surface area (TPSA) is 229 Å². The average molecular weight is 718 g/mol. The number of ether oxygens (including phenoxy) is 1. The van der Waals surface area contributed by atoms with Gasteiger partial charge in [-0.15, -0.1) is 0 Å². The first-order chi connectivity index (χ1) is 23.3. The van der Waals surface area contributed by atoms with E-state index in [-0.39, 0.29) is 78.3 Å². The van der Waals surface area contributed by atoms with Gasteiger partial charge in [0.1, 0.15) is 18.7 Å². The van der Waals surface area contributed by atoms with Gasteiger partial charge in [0, 0.05) is 18.2 Å². The van der Waals surface area contributed by atoms with E-state index < -0.39 is 64.4 Å². The summed E-state index contributed by atoms with van der Waals surface area (Å²) >= 11 is 0. The summed E-state index contributed by atoms with van der Waals surface area (Å²) in [6, 6.07) is 16.8. The van der Waals surface area contributed by atoms with Gasteiger partial charge in [-0.25, -0.2) is 18.0 Å². The number of hydrogen-bond acceptors (Lipinski definition) is 9. The van der Waals surface area contributed by atoms with Crippen LogP contribution in [0.4, 0.5) is 15.3 Å². The molecule has 5 amide bonds. The summed E-state index contributed by atoms with van der Waals surface area (Å²) in [6.45, 7) is 3.05. The van der Waals surface area contributed by atoms with Crippen LogP contribution in [-0.4, -0.2) is 67.3 Å². The Morgan fingerprint density at radius 2 is 1.54 bits per heavy atom. The molecule has 7 N–H and O–H groups in total. The van der Waals surface area contributed by atoms with Crippen LogP contribution in [0.3, 0.4) is 0 Å². The SMILES string of the molecule is CC(C)[C@H](NC(=O)OCC1c2ccccc2-c2ccccc21)C(=O)N[C@@H](CCCNC(N)=O)C(=O)Nc1ccc(CO)c(CS(=O)(=O)[O-])c1.[Na+]. The Labute approximate surface area is 313 Å². The van der Waals surface area contributed by atoms with Crippen LogP contribution in [0.2, 0.25) is 0 Å². The summed E-state index contributed by atoms with van der Waals surface area (Å²) in [5.74, 6) is -2.86. The third-order valence-electron chi connectivity index (χ3n) is 8.14. The fourth-order valence-corrected chi connectivity index (χ4v) is 6.41. The van der Waals surface area contributed by atoms with Gasteiger partial charge in [0.25, 0.3) is 0 Å². The van der Waals surface area contributed by atoms with Crippen molar-refractivity contribution in [1.82, 2.24) is 16.0 Å². The van der Waals surface area contributed by atoms with Crippen LogP contribution in [0.1, 0.15) is 54.9 Å². The molecule has 0 spiro atoms. The summed E-state index contributed by atoms with van der Waals surface area (Å²) in [5, 5.41) is 19.8. The molecule has 0 radical (unpaired) electrons. The second-order valence-corrected chi connectivity index (χ2v) is 13.4. The van der Waals surface area contributed by atoms with Gasteiger partial charge in [-0.1, -0.05) is 68.4 Å². The molecule has 0 saturated heterocycles. The molecular weight excluding hydrogens is 677 g/mol. The van der Waals surface area contributed by atoms with Crippen LogP contribution in [0, 0.1) is 5.92 Å². The van der Waals surface area contributed by atoms with Gasteiger partial charge < -0.3 is 41.4 Å². The van der Waals surface area contributed by atoms with Crippen molar-refractivity contribution in [2.24, 2.45) is 11.7 Å². The maximum atomic E-state index is 13.5. The molecule has 262 valence electrons. The number of amides is 5. The van der Waals surface area contributed by atoms with Crippen molar-refractivity contribution in [1.29, 1.82) is 0 Å². The Morgan fingerprint density at radius 3 is 2.10 bits per heavy atom. The van der Waals surface area contributed by atoms with Gasteiger partial charge in [0.15, 0.2) is 0 Å². The first-order valence-electron chi connectivity index (χ1n) is 15.7.